The molecule has 0 aliphatic carbocycles. The third-order valence-electron chi connectivity index (χ3n) is 3.39. The fourth-order valence-corrected chi connectivity index (χ4v) is 2.10. The van der Waals surface area contributed by atoms with Crippen LogP contribution in [0.1, 0.15) is 57.9 Å². The minimum Gasteiger partial charge on any atom is -0.348 e. The Morgan fingerprint density at radius 1 is 1.20 bits per heavy atom. The molecular formula is C17H26N2O. The average Bonchev–Trinajstić information content (AvgIpc) is 2.49. The Morgan fingerprint density at radius 2 is 1.90 bits per heavy atom. The van der Waals surface area contributed by atoms with Crippen molar-refractivity contribution in [2.75, 3.05) is 0 Å². The summed E-state index contributed by atoms with van der Waals surface area (Å²) in [5.74, 6) is 0.0554. The molecule has 110 valence electrons. The van der Waals surface area contributed by atoms with Crippen molar-refractivity contribution in [1.82, 2.24) is 10.3 Å². The number of nitrogens with one attached hydrogen (secondary N) is 1. The first-order valence-corrected chi connectivity index (χ1v) is 7.60. The van der Waals surface area contributed by atoms with Crippen LogP contribution in [0.15, 0.2) is 36.2 Å². The molecule has 0 atom stereocenters. The normalized spacial score (nSPS) is 11.4. The van der Waals surface area contributed by atoms with Gasteiger partial charge >= 0.3 is 0 Å². The van der Waals surface area contributed by atoms with E-state index in [4.69, 9.17) is 0 Å². The molecule has 0 saturated heterocycles. The van der Waals surface area contributed by atoms with Crippen LogP contribution in [-0.4, -0.2) is 10.9 Å². The maximum Gasteiger partial charge on any atom is 0.247 e. The standard InChI is InChI=1S/C17H26N2O/c1-3-5-6-7-8-9-16(4-2)17(20)19-14-15-10-12-18-13-11-15/h4,10-13H,3,5-9,14H2,1-2H3,(H,19,20). The minimum atomic E-state index is 0.0554. The lowest BCUT2D eigenvalue weighted by Gasteiger charge is -2.08. The number of aromatic nitrogens is 1. The largest absolute Gasteiger partial charge is 0.348 e. The molecule has 0 aliphatic rings. The quantitative estimate of drug-likeness (QED) is 0.546. The van der Waals surface area contributed by atoms with Crippen LogP contribution in [0.3, 0.4) is 0 Å². The van der Waals surface area contributed by atoms with E-state index in [9.17, 15) is 4.79 Å². The topological polar surface area (TPSA) is 42.0 Å². The highest BCUT2D eigenvalue weighted by Crippen LogP contribution is 2.11. The Hall–Kier alpha value is -1.64. The fraction of sp³-hybridized carbons (Fsp3) is 0.529. The molecular weight excluding hydrogens is 248 g/mol. The smallest absolute Gasteiger partial charge is 0.247 e. The Bertz CT molecular complexity index is 412. The predicted molar refractivity (Wildman–Crippen MR) is 83.2 cm³/mol. The number of hydrogen-bond donors (Lipinski definition) is 1. The fourth-order valence-electron chi connectivity index (χ4n) is 2.10. The number of pyridine rings is 1. The molecule has 3 heteroatoms. The molecule has 0 aliphatic heterocycles. The Balaban J connectivity index is 2.29. The van der Waals surface area contributed by atoms with Gasteiger partial charge in [-0.05, 0) is 37.5 Å². The first kappa shape index (κ1) is 16.4. The lowest BCUT2D eigenvalue weighted by molar-refractivity contribution is -0.117. The van der Waals surface area contributed by atoms with E-state index >= 15 is 0 Å². The molecule has 0 bridgehead atoms. The number of nitrogens with zero attached hydrogens (tertiary/aromatic N) is 1. The van der Waals surface area contributed by atoms with Gasteiger partial charge in [-0.25, -0.2) is 0 Å². The van der Waals surface area contributed by atoms with Gasteiger partial charge in [0.1, 0.15) is 0 Å². The molecule has 0 saturated carbocycles. The predicted octanol–water partition coefficient (Wildman–Crippen LogP) is 4.00. The molecule has 0 fully saturated rings. The van der Waals surface area contributed by atoms with Crippen molar-refractivity contribution < 1.29 is 4.79 Å². The van der Waals surface area contributed by atoms with Crippen LogP contribution >= 0.6 is 0 Å². The second-order valence-electron chi connectivity index (χ2n) is 5.02. The van der Waals surface area contributed by atoms with Crippen LogP contribution < -0.4 is 5.32 Å². The SMILES string of the molecule is CC=C(CCCCCCC)C(=O)NCc1ccncc1. The number of carbonyl (C=O) groups excluding carboxylic acids is 1. The number of rotatable bonds is 9. The van der Waals surface area contributed by atoms with Crippen molar-refractivity contribution in [3.63, 3.8) is 0 Å². The highest BCUT2D eigenvalue weighted by Gasteiger charge is 2.07. The van der Waals surface area contributed by atoms with Crippen LogP contribution in [0.4, 0.5) is 0 Å². The Kier molecular flexibility index (Phi) is 8.36. The van der Waals surface area contributed by atoms with Gasteiger partial charge in [0, 0.05) is 24.5 Å². The van der Waals surface area contributed by atoms with Crippen molar-refractivity contribution in [3.8, 4) is 0 Å². The highest BCUT2D eigenvalue weighted by molar-refractivity contribution is 5.93. The lowest BCUT2D eigenvalue weighted by Crippen LogP contribution is -2.24. The van der Waals surface area contributed by atoms with Gasteiger partial charge in [0.15, 0.2) is 0 Å². The summed E-state index contributed by atoms with van der Waals surface area (Å²) in [6.45, 7) is 4.71. The Morgan fingerprint density at radius 3 is 2.55 bits per heavy atom. The van der Waals surface area contributed by atoms with E-state index in [0.29, 0.717) is 6.54 Å². The van der Waals surface area contributed by atoms with E-state index in [1.807, 2.05) is 25.1 Å². The zero-order chi connectivity index (χ0) is 14.6. The molecule has 1 aromatic heterocycles. The van der Waals surface area contributed by atoms with Crippen LogP contribution in [0.2, 0.25) is 0 Å². The van der Waals surface area contributed by atoms with E-state index in [0.717, 1.165) is 24.0 Å². The van der Waals surface area contributed by atoms with E-state index in [2.05, 4.69) is 17.2 Å². The van der Waals surface area contributed by atoms with Crippen LogP contribution in [0.5, 0.6) is 0 Å². The number of carbonyl (C=O) groups is 1. The summed E-state index contributed by atoms with van der Waals surface area (Å²) < 4.78 is 0. The number of allylic oxidation sites excluding steroid dienone is 1. The molecule has 1 heterocycles. The van der Waals surface area contributed by atoms with Crippen LogP contribution in [0.25, 0.3) is 0 Å². The summed E-state index contributed by atoms with van der Waals surface area (Å²) in [6.07, 6.45) is 12.4. The first-order valence-electron chi connectivity index (χ1n) is 7.60. The average molecular weight is 274 g/mol. The number of amides is 1. The van der Waals surface area contributed by atoms with Gasteiger partial charge in [0.2, 0.25) is 5.91 Å². The third kappa shape index (κ3) is 6.50. The molecule has 20 heavy (non-hydrogen) atoms. The molecule has 0 aromatic carbocycles. The van der Waals surface area contributed by atoms with Crippen molar-refractivity contribution in [3.05, 3.63) is 41.7 Å². The molecule has 0 unspecified atom stereocenters. The summed E-state index contributed by atoms with van der Waals surface area (Å²) in [5.41, 5.74) is 1.97. The minimum absolute atomic E-state index is 0.0554. The van der Waals surface area contributed by atoms with Gasteiger partial charge in [0.25, 0.3) is 0 Å². The summed E-state index contributed by atoms with van der Waals surface area (Å²) in [4.78, 5) is 16.0. The van der Waals surface area contributed by atoms with Gasteiger partial charge in [-0.3, -0.25) is 9.78 Å². The van der Waals surface area contributed by atoms with E-state index in [1.54, 1.807) is 12.4 Å². The number of unbranched alkanes of at least 4 members (excludes halogenated alkanes) is 4. The zero-order valence-electron chi connectivity index (χ0n) is 12.7. The van der Waals surface area contributed by atoms with Crippen molar-refractivity contribution >= 4 is 5.91 Å². The van der Waals surface area contributed by atoms with E-state index in [1.165, 1.54) is 25.7 Å². The molecule has 1 amide bonds. The lowest BCUT2D eigenvalue weighted by atomic mass is 10.0. The third-order valence-corrected chi connectivity index (χ3v) is 3.39. The van der Waals surface area contributed by atoms with Crippen molar-refractivity contribution in [1.29, 1.82) is 0 Å². The molecule has 1 N–H and O–H groups in total. The first-order chi connectivity index (χ1) is 9.77. The second kappa shape index (κ2) is 10.2. The summed E-state index contributed by atoms with van der Waals surface area (Å²) in [6, 6.07) is 3.83. The molecule has 0 spiro atoms. The molecule has 1 rings (SSSR count). The zero-order valence-corrected chi connectivity index (χ0v) is 12.7. The van der Waals surface area contributed by atoms with Gasteiger partial charge in [-0.15, -0.1) is 0 Å². The molecule has 3 nitrogen and oxygen atoms in total. The Labute approximate surface area is 122 Å². The summed E-state index contributed by atoms with van der Waals surface area (Å²) in [5, 5.41) is 2.97. The van der Waals surface area contributed by atoms with E-state index < -0.39 is 0 Å². The monoisotopic (exact) mass is 274 g/mol. The van der Waals surface area contributed by atoms with Crippen molar-refractivity contribution in [2.45, 2.75) is 58.9 Å². The maximum atomic E-state index is 12.1. The van der Waals surface area contributed by atoms with Crippen molar-refractivity contribution in [2.24, 2.45) is 0 Å². The number of hydrogen-bond acceptors (Lipinski definition) is 2. The van der Waals surface area contributed by atoms with E-state index in [-0.39, 0.29) is 5.91 Å². The van der Waals surface area contributed by atoms with Gasteiger partial charge in [-0.2, -0.15) is 0 Å². The maximum absolute atomic E-state index is 12.1. The summed E-state index contributed by atoms with van der Waals surface area (Å²) >= 11 is 0. The highest BCUT2D eigenvalue weighted by atomic mass is 16.1. The van der Waals surface area contributed by atoms with Crippen LogP contribution in [-0.2, 0) is 11.3 Å². The second-order valence-corrected chi connectivity index (χ2v) is 5.02. The molecule has 1 aromatic rings. The van der Waals surface area contributed by atoms with Gasteiger partial charge in [0.05, 0.1) is 0 Å². The summed E-state index contributed by atoms with van der Waals surface area (Å²) in [7, 11) is 0. The molecule has 0 radical (unpaired) electrons. The van der Waals surface area contributed by atoms with Gasteiger partial charge < -0.3 is 5.32 Å². The van der Waals surface area contributed by atoms with Crippen LogP contribution in [0, 0.1) is 0 Å². The van der Waals surface area contributed by atoms with Gasteiger partial charge in [-0.1, -0.05) is 38.7 Å².